The monoisotopic (exact) mass is 301 g/mol. The highest BCUT2D eigenvalue weighted by atomic mass is 19.1. The molecule has 6 heteroatoms. The highest BCUT2D eigenvalue weighted by Gasteiger charge is 2.10. The smallest absolute Gasteiger partial charge is 0.255 e. The number of halogens is 1. The standard InChI is InChI=1S/C16H16FN3O2/c1-10-5-6-13(19-15(21)9-18)8-14(10)20-16(22)11-3-2-4-12(17)7-11/h2-8H,9,18H2,1H3,(H,19,21)(H,20,22). The van der Waals surface area contributed by atoms with Crippen molar-refractivity contribution >= 4 is 23.2 Å². The second-order valence-corrected chi connectivity index (χ2v) is 4.75. The Kier molecular flexibility index (Phi) is 4.85. The van der Waals surface area contributed by atoms with Crippen molar-refractivity contribution in [2.75, 3.05) is 17.2 Å². The van der Waals surface area contributed by atoms with Gasteiger partial charge in [-0.1, -0.05) is 12.1 Å². The fourth-order valence-corrected chi connectivity index (χ4v) is 1.87. The van der Waals surface area contributed by atoms with Crippen molar-refractivity contribution in [3.63, 3.8) is 0 Å². The molecule has 4 N–H and O–H groups in total. The molecule has 0 spiro atoms. The van der Waals surface area contributed by atoms with E-state index in [0.29, 0.717) is 11.4 Å². The molecule has 0 unspecified atom stereocenters. The van der Waals surface area contributed by atoms with Crippen LogP contribution in [0.4, 0.5) is 15.8 Å². The van der Waals surface area contributed by atoms with Crippen molar-refractivity contribution in [1.29, 1.82) is 0 Å². The van der Waals surface area contributed by atoms with Gasteiger partial charge >= 0.3 is 0 Å². The number of hydrogen-bond donors (Lipinski definition) is 3. The minimum Gasteiger partial charge on any atom is -0.325 e. The van der Waals surface area contributed by atoms with Crippen molar-refractivity contribution in [2.24, 2.45) is 5.73 Å². The Hall–Kier alpha value is -2.73. The largest absolute Gasteiger partial charge is 0.325 e. The van der Waals surface area contributed by atoms with Gasteiger partial charge in [0.05, 0.1) is 6.54 Å². The Labute approximate surface area is 127 Å². The number of nitrogens with two attached hydrogens (primary N) is 1. The molecule has 0 aliphatic heterocycles. The van der Waals surface area contributed by atoms with Crippen LogP contribution < -0.4 is 16.4 Å². The fourth-order valence-electron chi connectivity index (χ4n) is 1.87. The molecule has 5 nitrogen and oxygen atoms in total. The highest BCUT2D eigenvalue weighted by molar-refractivity contribution is 6.05. The molecule has 2 aromatic carbocycles. The zero-order valence-corrected chi connectivity index (χ0v) is 12.0. The molecule has 0 atom stereocenters. The van der Waals surface area contributed by atoms with Gasteiger partial charge in [0.15, 0.2) is 0 Å². The molecule has 2 aromatic rings. The predicted molar refractivity (Wildman–Crippen MR) is 83.2 cm³/mol. The molecule has 114 valence electrons. The molecule has 0 saturated heterocycles. The first-order valence-corrected chi connectivity index (χ1v) is 6.67. The number of carbonyl (C=O) groups excluding carboxylic acids is 2. The van der Waals surface area contributed by atoms with Crippen LogP contribution in [-0.4, -0.2) is 18.4 Å². The van der Waals surface area contributed by atoms with E-state index in [9.17, 15) is 14.0 Å². The molecule has 0 saturated carbocycles. The summed E-state index contributed by atoms with van der Waals surface area (Å²) in [7, 11) is 0. The maximum absolute atomic E-state index is 13.2. The third-order valence-electron chi connectivity index (χ3n) is 3.04. The summed E-state index contributed by atoms with van der Waals surface area (Å²) in [5.41, 5.74) is 7.33. The van der Waals surface area contributed by atoms with Crippen molar-refractivity contribution in [1.82, 2.24) is 0 Å². The summed E-state index contributed by atoms with van der Waals surface area (Å²) < 4.78 is 13.2. The number of amides is 2. The molecule has 0 fully saturated rings. The lowest BCUT2D eigenvalue weighted by Crippen LogP contribution is -2.22. The van der Waals surface area contributed by atoms with Crippen molar-refractivity contribution < 1.29 is 14.0 Å². The van der Waals surface area contributed by atoms with Crippen molar-refractivity contribution in [3.8, 4) is 0 Å². The molecule has 0 heterocycles. The molecular weight excluding hydrogens is 285 g/mol. The average molecular weight is 301 g/mol. The second kappa shape index (κ2) is 6.82. The first-order valence-electron chi connectivity index (χ1n) is 6.67. The van der Waals surface area contributed by atoms with E-state index in [1.54, 1.807) is 18.2 Å². The maximum atomic E-state index is 13.2. The van der Waals surface area contributed by atoms with Gasteiger partial charge in [0.25, 0.3) is 5.91 Å². The Bertz CT molecular complexity index is 716. The number of anilines is 2. The number of nitrogens with one attached hydrogen (secondary N) is 2. The number of rotatable bonds is 4. The van der Waals surface area contributed by atoms with Crippen LogP contribution in [0.5, 0.6) is 0 Å². The lowest BCUT2D eigenvalue weighted by Gasteiger charge is -2.11. The topological polar surface area (TPSA) is 84.2 Å². The summed E-state index contributed by atoms with van der Waals surface area (Å²) >= 11 is 0. The Morgan fingerprint density at radius 2 is 1.91 bits per heavy atom. The summed E-state index contributed by atoms with van der Waals surface area (Å²) in [6.07, 6.45) is 0. The summed E-state index contributed by atoms with van der Waals surface area (Å²) in [5, 5.41) is 5.30. The summed E-state index contributed by atoms with van der Waals surface area (Å²) in [4.78, 5) is 23.4. The molecule has 22 heavy (non-hydrogen) atoms. The molecular formula is C16H16FN3O2. The molecule has 0 radical (unpaired) electrons. The predicted octanol–water partition coefficient (Wildman–Crippen LogP) is 2.28. The van der Waals surface area contributed by atoms with E-state index in [-0.39, 0.29) is 18.0 Å². The molecule has 0 aromatic heterocycles. The van der Waals surface area contributed by atoms with Gasteiger partial charge in [0, 0.05) is 16.9 Å². The number of aryl methyl sites for hydroxylation is 1. The third kappa shape index (κ3) is 3.89. The zero-order valence-electron chi connectivity index (χ0n) is 12.0. The molecule has 0 aliphatic carbocycles. The summed E-state index contributed by atoms with van der Waals surface area (Å²) in [6, 6.07) is 10.5. The van der Waals surface area contributed by atoms with Crippen LogP contribution in [0.3, 0.4) is 0 Å². The van der Waals surface area contributed by atoms with E-state index >= 15 is 0 Å². The van der Waals surface area contributed by atoms with Crippen molar-refractivity contribution in [2.45, 2.75) is 6.92 Å². The Balaban J connectivity index is 2.19. The van der Waals surface area contributed by atoms with Crippen molar-refractivity contribution in [3.05, 3.63) is 59.4 Å². The van der Waals surface area contributed by atoms with E-state index in [0.717, 1.165) is 11.6 Å². The van der Waals surface area contributed by atoms with Crippen LogP contribution in [0.25, 0.3) is 0 Å². The highest BCUT2D eigenvalue weighted by Crippen LogP contribution is 2.21. The van der Waals surface area contributed by atoms with Crippen LogP contribution in [0.15, 0.2) is 42.5 Å². The van der Waals surface area contributed by atoms with E-state index < -0.39 is 11.7 Å². The van der Waals surface area contributed by atoms with E-state index in [1.807, 2.05) is 6.92 Å². The van der Waals surface area contributed by atoms with E-state index in [4.69, 9.17) is 5.73 Å². The quantitative estimate of drug-likeness (QED) is 0.810. The maximum Gasteiger partial charge on any atom is 0.255 e. The molecule has 2 amide bonds. The van der Waals surface area contributed by atoms with Crippen LogP contribution in [-0.2, 0) is 4.79 Å². The zero-order chi connectivity index (χ0) is 16.1. The van der Waals surface area contributed by atoms with Crippen LogP contribution >= 0.6 is 0 Å². The molecule has 2 rings (SSSR count). The van der Waals surface area contributed by atoms with Gasteiger partial charge in [0.2, 0.25) is 5.91 Å². The minimum atomic E-state index is -0.478. The van der Waals surface area contributed by atoms with Gasteiger partial charge in [-0.05, 0) is 42.8 Å². The number of benzene rings is 2. The first kappa shape index (κ1) is 15.7. The van der Waals surface area contributed by atoms with Gasteiger partial charge in [0.1, 0.15) is 5.82 Å². The Morgan fingerprint density at radius 1 is 1.14 bits per heavy atom. The SMILES string of the molecule is Cc1ccc(NC(=O)CN)cc1NC(=O)c1cccc(F)c1. The number of hydrogen-bond acceptors (Lipinski definition) is 3. The fraction of sp³-hybridized carbons (Fsp3) is 0.125. The van der Waals surface area contributed by atoms with E-state index in [1.165, 1.54) is 18.2 Å². The van der Waals surface area contributed by atoms with Crippen LogP contribution in [0, 0.1) is 12.7 Å². The lowest BCUT2D eigenvalue weighted by molar-refractivity contribution is -0.114. The van der Waals surface area contributed by atoms with Gasteiger partial charge in [-0.15, -0.1) is 0 Å². The number of carbonyl (C=O) groups is 2. The third-order valence-corrected chi connectivity index (χ3v) is 3.04. The lowest BCUT2D eigenvalue weighted by atomic mass is 10.1. The minimum absolute atomic E-state index is 0.126. The molecule has 0 aliphatic rings. The van der Waals surface area contributed by atoms with Gasteiger partial charge in [-0.25, -0.2) is 4.39 Å². The second-order valence-electron chi connectivity index (χ2n) is 4.75. The normalized spacial score (nSPS) is 10.1. The average Bonchev–Trinajstić information content (AvgIpc) is 2.50. The van der Waals surface area contributed by atoms with Crippen LogP contribution in [0.1, 0.15) is 15.9 Å². The summed E-state index contributed by atoms with van der Waals surface area (Å²) in [6.45, 7) is 1.69. The van der Waals surface area contributed by atoms with Gasteiger partial charge < -0.3 is 16.4 Å². The van der Waals surface area contributed by atoms with Crippen LogP contribution in [0.2, 0.25) is 0 Å². The van der Waals surface area contributed by atoms with Gasteiger partial charge in [-0.3, -0.25) is 9.59 Å². The first-order chi connectivity index (χ1) is 10.5. The molecule has 0 bridgehead atoms. The summed E-state index contributed by atoms with van der Waals surface area (Å²) in [5.74, 6) is -1.23. The van der Waals surface area contributed by atoms with E-state index in [2.05, 4.69) is 10.6 Å². The Morgan fingerprint density at radius 3 is 2.59 bits per heavy atom. The van der Waals surface area contributed by atoms with Gasteiger partial charge in [-0.2, -0.15) is 0 Å².